The minimum atomic E-state index is -0.511. The summed E-state index contributed by atoms with van der Waals surface area (Å²) in [4.78, 5) is 25.1. The maximum atomic E-state index is 11.7. The standard InChI is InChI=1S/C26H29N5O2/c1-26(2,3)33-25(32)27-14-7-6-9-18-15-22-23(28-16-18)24(30-17-29-22)31-21-13-8-11-19-10-4-5-12-20(19)21/h4-5,10,12,15-17,21H,7-8,11,13-14H2,1-3H3,(H,27,32)(H,29,30,31)/t21-/m0/s1. The summed E-state index contributed by atoms with van der Waals surface area (Å²) in [6.45, 7) is 5.91. The van der Waals surface area contributed by atoms with Gasteiger partial charge in [-0.3, -0.25) is 0 Å². The Morgan fingerprint density at radius 2 is 2.06 bits per heavy atom. The maximum Gasteiger partial charge on any atom is 0.407 e. The zero-order valence-corrected chi connectivity index (χ0v) is 19.3. The average Bonchev–Trinajstić information content (AvgIpc) is 2.78. The van der Waals surface area contributed by atoms with Crippen molar-refractivity contribution in [1.82, 2.24) is 20.3 Å². The van der Waals surface area contributed by atoms with Crippen molar-refractivity contribution in [2.45, 2.75) is 58.1 Å². The first kappa shape index (κ1) is 22.5. The van der Waals surface area contributed by atoms with Crippen molar-refractivity contribution in [1.29, 1.82) is 0 Å². The number of ether oxygens (including phenoxy) is 1. The van der Waals surface area contributed by atoms with E-state index in [4.69, 9.17) is 4.74 Å². The van der Waals surface area contributed by atoms with E-state index in [0.717, 1.165) is 41.7 Å². The zero-order chi connectivity index (χ0) is 23.3. The molecule has 2 aromatic heterocycles. The summed E-state index contributed by atoms with van der Waals surface area (Å²) in [6.07, 6.45) is 6.69. The van der Waals surface area contributed by atoms with Gasteiger partial charge in [0.05, 0.1) is 11.6 Å². The molecule has 1 atom stereocenters. The van der Waals surface area contributed by atoms with E-state index in [2.05, 4.69) is 61.7 Å². The fourth-order valence-electron chi connectivity index (χ4n) is 3.89. The summed E-state index contributed by atoms with van der Waals surface area (Å²) in [5, 5.41) is 6.28. The van der Waals surface area contributed by atoms with Crippen LogP contribution < -0.4 is 10.6 Å². The van der Waals surface area contributed by atoms with Crippen molar-refractivity contribution in [3.63, 3.8) is 0 Å². The van der Waals surface area contributed by atoms with E-state index in [1.54, 1.807) is 12.5 Å². The maximum absolute atomic E-state index is 11.7. The van der Waals surface area contributed by atoms with Crippen LogP contribution in [0.1, 0.15) is 62.8 Å². The van der Waals surface area contributed by atoms with Crippen molar-refractivity contribution in [3.05, 3.63) is 59.5 Å². The lowest BCUT2D eigenvalue weighted by molar-refractivity contribution is 0.0529. The van der Waals surface area contributed by atoms with E-state index in [1.807, 2.05) is 26.8 Å². The Bertz CT molecular complexity index is 1210. The summed E-state index contributed by atoms with van der Waals surface area (Å²) in [6, 6.07) is 10.7. The Kier molecular flexibility index (Phi) is 6.74. The molecule has 0 radical (unpaired) electrons. The number of aromatic nitrogens is 3. The first-order valence-corrected chi connectivity index (χ1v) is 11.3. The highest BCUT2D eigenvalue weighted by Crippen LogP contribution is 2.33. The fraction of sp³-hybridized carbons (Fsp3) is 0.385. The number of nitrogens with zero attached hydrogens (tertiary/aromatic N) is 3. The van der Waals surface area contributed by atoms with E-state index in [-0.39, 0.29) is 6.04 Å². The Balaban J connectivity index is 1.41. The number of fused-ring (bicyclic) bond motifs is 2. The first-order valence-electron chi connectivity index (χ1n) is 11.3. The highest BCUT2D eigenvalue weighted by Gasteiger charge is 2.21. The van der Waals surface area contributed by atoms with Gasteiger partial charge in [0.2, 0.25) is 0 Å². The molecule has 0 fully saturated rings. The number of anilines is 1. The normalized spacial score (nSPS) is 15.2. The molecule has 1 aliphatic carbocycles. The van der Waals surface area contributed by atoms with Gasteiger partial charge in [-0.05, 0) is 57.2 Å². The number of alkyl carbamates (subject to hydrolysis) is 1. The number of carbonyl (C=O) groups excluding carboxylic acids is 1. The highest BCUT2D eigenvalue weighted by atomic mass is 16.6. The molecular formula is C26H29N5O2. The molecule has 0 unspecified atom stereocenters. The van der Waals surface area contributed by atoms with Crippen molar-refractivity contribution in [3.8, 4) is 11.8 Å². The highest BCUT2D eigenvalue weighted by molar-refractivity contribution is 5.85. The van der Waals surface area contributed by atoms with E-state index in [9.17, 15) is 4.79 Å². The van der Waals surface area contributed by atoms with Gasteiger partial charge >= 0.3 is 6.09 Å². The molecule has 4 rings (SSSR count). The molecule has 33 heavy (non-hydrogen) atoms. The Morgan fingerprint density at radius 3 is 2.91 bits per heavy atom. The van der Waals surface area contributed by atoms with Crippen LogP contribution in [0, 0.1) is 11.8 Å². The first-order chi connectivity index (χ1) is 15.9. The van der Waals surface area contributed by atoms with Crippen molar-refractivity contribution in [2.24, 2.45) is 0 Å². The molecule has 7 nitrogen and oxygen atoms in total. The van der Waals surface area contributed by atoms with Gasteiger partial charge in [-0.1, -0.05) is 36.1 Å². The molecule has 0 saturated carbocycles. The molecule has 1 aromatic carbocycles. The van der Waals surface area contributed by atoms with Gasteiger partial charge in [-0.2, -0.15) is 0 Å². The molecule has 2 N–H and O–H groups in total. The lowest BCUT2D eigenvalue weighted by Gasteiger charge is -2.26. The molecule has 0 bridgehead atoms. The number of carbonyl (C=O) groups is 1. The second-order valence-electron chi connectivity index (χ2n) is 9.08. The minimum Gasteiger partial charge on any atom is -0.444 e. The van der Waals surface area contributed by atoms with Crippen LogP contribution in [0.25, 0.3) is 11.0 Å². The van der Waals surface area contributed by atoms with E-state index in [0.29, 0.717) is 13.0 Å². The average molecular weight is 444 g/mol. The lowest BCUT2D eigenvalue weighted by atomic mass is 9.88. The molecule has 1 amide bonds. The largest absolute Gasteiger partial charge is 0.444 e. The smallest absolute Gasteiger partial charge is 0.407 e. The molecule has 7 heteroatoms. The molecule has 0 aliphatic heterocycles. The van der Waals surface area contributed by atoms with Crippen LogP contribution >= 0.6 is 0 Å². The Morgan fingerprint density at radius 1 is 1.21 bits per heavy atom. The van der Waals surface area contributed by atoms with Crippen LogP contribution in [0.5, 0.6) is 0 Å². The predicted molar refractivity (Wildman–Crippen MR) is 129 cm³/mol. The second-order valence-corrected chi connectivity index (χ2v) is 9.08. The molecule has 0 saturated heterocycles. The third-order valence-corrected chi connectivity index (χ3v) is 5.31. The van der Waals surface area contributed by atoms with Gasteiger partial charge in [-0.15, -0.1) is 0 Å². The van der Waals surface area contributed by atoms with Gasteiger partial charge in [-0.25, -0.2) is 19.7 Å². The number of pyridine rings is 1. The van der Waals surface area contributed by atoms with Crippen LogP contribution in [0.3, 0.4) is 0 Å². The van der Waals surface area contributed by atoms with Crippen LogP contribution in [0.15, 0.2) is 42.9 Å². The molecule has 0 spiro atoms. The molecule has 3 aromatic rings. The third-order valence-electron chi connectivity index (χ3n) is 5.31. The monoisotopic (exact) mass is 443 g/mol. The van der Waals surface area contributed by atoms with Gasteiger partial charge in [0, 0.05) is 24.7 Å². The van der Waals surface area contributed by atoms with E-state index in [1.165, 1.54) is 11.1 Å². The Labute approximate surface area is 194 Å². The second kappa shape index (κ2) is 9.86. The number of nitrogens with one attached hydrogen (secondary N) is 2. The van der Waals surface area contributed by atoms with Gasteiger partial charge in [0.15, 0.2) is 5.82 Å². The number of rotatable bonds is 4. The SMILES string of the molecule is CC(C)(C)OC(=O)NCCC#Cc1cnc2c(N[C@H]3CCCc4ccccc43)ncnc2c1. The van der Waals surface area contributed by atoms with Crippen molar-refractivity contribution >= 4 is 22.9 Å². The number of aryl methyl sites for hydroxylation is 1. The van der Waals surface area contributed by atoms with Crippen LogP contribution in [0.4, 0.5) is 10.6 Å². The number of hydrogen-bond donors (Lipinski definition) is 2. The number of amides is 1. The zero-order valence-electron chi connectivity index (χ0n) is 19.3. The fourth-order valence-corrected chi connectivity index (χ4v) is 3.89. The van der Waals surface area contributed by atoms with E-state index < -0.39 is 11.7 Å². The van der Waals surface area contributed by atoms with E-state index >= 15 is 0 Å². The van der Waals surface area contributed by atoms with Crippen LogP contribution in [0.2, 0.25) is 0 Å². The summed E-state index contributed by atoms with van der Waals surface area (Å²) in [5.74, 6) is 6.88. The summed E-state index contributed by atoms with van der Waals surface area (Å²) < 4.78 is 5.21. The Hall–Kier alpha value is -3.66. The summed E-state index contributed by atoms with van der Waals surface area (Å²) in [5.41, 5.74) is 4.47. The minimum absolute atomic E-state index is 0.215. The van der Waals surface area contributed by atoms with Crippen LogP contribution in [-0.4, -0.2) is 33.2 Å². The summed E-state index contributed by atoms with van der Waals surface area (Å²) in [7, 11) is 0. The predicted octanol–water partition coefficient (Wildman–Crippen LogP) is 4.78. The summed E-state index contributed by atoms with van der Waals surface area (Å²) >= 11 is 0. The molecule has 170 valence electrons. The lowest BCUT2D eigenvalue weighted by Crippen LogP contribution is -2.32. The third kappa shape index (κ3) is 5.98. The topological polar surface area (TPSA) is 89.0 Å². The van der Waals surface area contributed by atoms with Gasteiger partial charge in [0.1, 0.15) is 17.4 Å². The number of benzene rings is 1. The van der Waals surface area contributed by atoms with Gasteiger partial charge in [0.25, 0.3) is 0 Å². The number of hydrogen-bond acceptors (Lipinski definition) is 6. The quantitative estimate of drug-likeness (QED) is 0.446. The molecule has 1 aliphatic rings. The van der Waals surface area contributed by atoms with Crippen molar-refractivity contribution < 1.29 is 9.53 Å². The molecular weight excluding hydrogens is 414 g/mol. The van der Waals surface area contributed by atoms with Crippen molar-refractivity contribution in [2.75, 3.05) is 11.9 Å². The molecule has 2 heterocycles. The van der Waals surface area contributed by atoms with Crippen LogP contribution in [-0.2, 0) is 11.2 Å². The van der Waals surface area contributed by atoms with Gasteiger partial charge < -0.3 is 15.4 Å².